The lowest BCUT2D eigenvalue weighted by Crippen LogP contribution is -2.14. The summed E-state index contributed by atoms with van der Waals surface area (Å²) in [6, 6.07) is 1.87. The van der Waals surface area contributed by atoms with Gasteiger partial charge in [-0.3, -0.25) is 10.1 Å². The van der Waals surface area contributed by atoms with Crippen molar-refractivity contribution in [2.45, 2.75) is 25.3 Å². The molecule has 0 spiro atoms. The van der Waals surface area contributed by atoms with Gasteiger partial charge >= 0.3 is 0 Å². The van der Waals surface area contributed by atoms with Crippen LogP contribution < -0.4 is 5.32 Å². The number of anilines is 1. The molecule has 0 aliphatic carbocycles. The zero-order valence-corrected chi connectivity index (χ0v) is 13.6. The molecule has 0 aromatic carbocycles. The Morgan fingerprint density at radius 1 is 1.45 bits per heavy atom. The van der Waals surface area contributed by atoms with Crippen LogP contribution in [0.1, 0.15) is 17.6 Å². The molecule has 22 heavy (non-hydrogen) atoms. The maximum Gasteiger partial charge on any atom is 0.253 e. The second-order valence-electron chi connectivity index (χ2n) is 4.40. The van der Waals surface area contributed by atoms with E-state index in [2.05, 4.69) is 30.6 Å². The van der Waals surface area contributed by atoms with Crippen LogP contribution in [0.5, 0.6) is 0 Å². The second kappa shape index (κ2) is 6.36. The van der Waals surface area contributed by atoms with Gasteiger partial charge in [-0.1, -0.05) is 30.0 Å². The Bertz CT molecular complexity index is 813. The average molecular weight is 335 g/mol. The van der Waals surface area contributed by atoms with Gasteiger partial charge in [0.15, 0.2) is 0 Å². The number of thioether (sulfide) groups is 1. The molecule has 0 saturated carbocycles. The number of hydrogen-bond donors (Lipinski definition) is 1. The quantitative estimate of drug-likeness (QED) is 0.558. The number of nitrogens with one attached hydrogen (secondary N) is 1. The Morgan fingerprint density at radius 2 is 2.32 bits per heavy atom. The lowest BCUT2D eigenvalue weighted by Gasteiger charge is -2.04. The lowest BCUT2D eigenvalue weighted by molar-refractivity contribution is -0.113. The van der Waals surface area contributed by atoms with Crippen LogP contribution in [0.2, 0.25) is 0 Å². The monoisotopic (exact) mass is 335 g/mol. The van der Waals surface area contributed by atoms with E-state index in [0.717, 1.165) is 22.1 Å². The van der Waals surface area contributed by atoms with Crippen LogP contribution in [0.4, 0.5) is 5.13 Å². The number of carbonyl (C=O) groups excluding carboxylic acids is 1. The topological polar surface area (TPSA) is 98.0 Å². The highest BCUT2D eigenvalue weighted by Crippen LogP contribution is 2.20. The summed E-state index contributed by atoms with van der Waals surface area (Å²) in [7, 11) is 0. The van der Waals surface area contributed by atoms with Crippen LogP contribution in [0.25, 0.3) is 5.78 Å². The Morgan fingerprint density at radius 3 is 3.09 bits per heavy atom. The van der Waals surface area contributed by atoms with Gasteiger partial charge in [0.25, 0.3) is 5.78 Å². The number of aryl methyl sites for hydroxylation is 2. The molecular formula is C12H13N7OS2. The molecule has 3 aromatic heterocycles. The molecule has 0 saturated heterocycles. The summed E-state index contributed by atoms with van der Waals surface area (Å²) in [6.07, 6.45) is 2.25. The molecule has 0 bridgehead atoms. The van der Waals surface area contributed by atoms with E-state index in [9.17, 15) is 4.79 Å². The largest absolute Gasteiger partial charge is 0.300 e. The van der Waals surface area contributed by atoms with Gasteiger partial charge < -0.3 is 0 Å². The molecule has 0 aliphatic rings. The van der Waals surface area contributed by atoms with Crippen LogP contribution in [0.3, 0.4) is 0 Å². The van der Waals surface area contributed by atoms with Crippen LogP contribution >= 0.6 is 23.1 Å². The first kappa shape index (κ1) is 14.9. The van der Waals surface area contributed by atoms with Crippen molar-refractivity contribution in [3.8, 4) is 0 Å². The van der Waals surface area contributed by atoms with E-state index in [0.29, 0.717) is 10.9 Å². The van der Waals surface area contributed by atoms with Crippen molar-refractivity contribution in [3.63, 3.8) is 0 Å². The fourth-order valence-electron chi connectivity index (χ4n) is 1.74. The third kappa shape index (κ3) is 3.22. The number of fused-ring (bicyclic) bond motifs is 1. The minimum absolute atomic E-state index is 0.133. The Hall–Kier alpha value is -2.07. The van der Waals surface area contributed by atoms with E-state index in [4.69, 9.17) is 0 Å². The molecule has 1 N–H and O–H groups in total. The molecule has 0 aliphatic heterocycles. The van der Waals surface area contributed by atoms with E-state index >= 15 is 0 Å². The van der Waals surface area contributed by atoms with Gasteiger partial charge in [-0.05, 0) is 19.4 Å². The van der Waals surface area contributed by atoms with Crippen LogP contribution in [-0.4, -0.2) is 41.4 Å². The summed E-state index contributed by atoms with van der Waals surface area (Å²) in [5.74, 6) is 0.644. The van der Waals surface area contributed by atoms with Gasteiger partial charge in [-0.25, -0.2) is 4.98 Å². The van der Waals surface area contributed by atoms with Crippen molar-refractivity contribution in [2.24, 2.45) is 0 Å². The molecule has 0 radical (unpaired) electrons. The molecule has 10 heteroatoms. The molecule has 114 valence electrons. The minimum Gasteiger partial charge on any atom is -0.300 e. The summed E-state index contributed by atoms with van der Waals surface area (Å²) < 4.78 is 1.62. The highest BCUT2D eigenvalue weighted by atomic mass is 32.2. The highest BCUT2D eigenvalue weighted by molar-refractivity contribution is 7.99. The summed E-state index contributed by atoms with van der Waals surface area (Å²) in [4.78, 5) is 20.3. The third-order valence-corrected chi connectivity index (χ3v) is 4.69. The lowest BCUT2D eigenvalue weighted by atomic mass is 10.5. The molecule has 0 unspecified atom stereocenters. The smallest absolute Gasteiger partial charge is 0.253 e. The first-order valence-electron chi connectivity index (χ1n) is 6.58. The zero-order valence-electron chi connectivity index (χ0n) is 12.0. The van der Waals surface area contributed by atoms with Gasteiger partial charge in [0.05, 0.1) is 5.75 Å². The zero-order chi connectivity index (χ0) is 15.5. The summed E-state index contributed by atoms with van der Waals surface area (Å²) in [6.45, 7) is 3.88. The van der Waals surface area contributed by atoms with Gasteiger partial charge in [-0.2, -0.15) is 14.6 Å². The third-order valence-electron chi connectivity index (χ3n) is 2.71. The fraction of sp³-hybridized carbons (Fsp3) is 0.333. The average Bonchev–Trinajstić information content (AvgIpc) is 3.13. The van der Waals surface area contributed by atoms with Crippen LogP contribution in [0.15, 0.2) is 17.4 Å². The minimum atomic E-state index is -0.133. The first-order chi connectivity index (χ1) is 10.7. The molecule has 0 atom stereocenters. The molecule has 3 heterocycles. The SMILES string of the molecule is CCc1nnc(NC(=O)CSc2cc(C)nc3ncnn23)s1. The molecular weight excluding hydrogens is 322 g/mol. The van der Waals surface area contributed by atoms with Crippen molar-refractivity contribution in [1.29, 1.82) is 0 Å². The maximum atomic E-state index is 12.0. The van der Waals surface area contributed by atoms with Gasteiger partial charge in [0.1, 0.15) is 16.4 Å². The van der Waals surface area contributed by atoms with Gasteiger partial charge in [-0.15, -0.1) is 10.2 Å². The predicted octanol–water partition coefficient (Wildman–Crippen LogP) is 1.58. The van der Waals surface area contributed by atoms with Crippen LogP contribution in [-0.2, 0) is 11.2 Å². The fourth-order valence-corrected chi connectivity index (χ4v) is 3.29. The van der Waals surface area contributed by atoms with E-state index in [1.54, 1.807) is 4.52 Å². The number of rotatable bonds is 5. The van der Waals surface area contributed by atoms with Crippen molar-refractivity contribution in [2.75, 3.05) is 11.1 Å². The standard InChI is InChI=1S/C12H13N7OS2/c1-3-9-17-18-12(22-9)16-8(20)5-21-10-4-7(2)15-11-13-6-14-19(10)11/h4,6H,3,5H2,1-2H3,(H,16,18,20). The number of amides is 1. The normalized spacial score (nSPS) is 11.0. The van der Waals surface area contributed by atoms with Crippen molar-refractivity contribution in [1.82, 2.24) is 29.8 Å². The number of carbonyl (C=O) groups is 1. The number of hydrogen-bond acceptors (Lipinski definition) is 8. The van der Waals surface area contributed by atoms with Crippen LogP contribution in [0, 0.1) is 6.92 Å². The van der Waals surface area contributed by atoms with Gasteiger partial charge in [0.2, 0.25) is 11.0 Å². The maximum absolute atomic E-state index is 12.0. The van der Waals surface area contributed by atoms with Gasteiger partial charge in [0, 0.05) is 5.69 Å². The second-order valence-corrected chi connectivity index (χ2v) is 6.46. The van der Waals surface area contributed by atoms with E-state index in [1.165, 1.54) is 29.4 Å². The van der Waals surface area contributed by atoms with E-state index < -0.39 is 0 Å². The van der Waals surface area contributed by atoms with Crippen molar-refractivity contribution in [3.05, 3.63) is 23.1 Å². The Kier molecular flexibility index (Phi) is 4.29. The molecule has 8 nitrogen and oxygen atoms in total. The molecule has 0 fully saturated rings. The van der Waals surface area contributed by atoms with Crippen molar-refractivity contribution >= 4 is 39.9 Å². The summed E-state index contributed by atoms with van der Waals surface area (Å²) >= 11 is 2.76. The van der Waals surface area contributed by atoms with E-state index in [-0.39, 0.29) is 11.7 Å². The molecule has 3 aromatic rings. The Balaban J connectivity index is 1.66. The molecule has 3 rings (SSSR count). The first-order valence-corrected chi connectivity index (χ1v) is 8.38. The van der Waals surface area contributed by atoms with E-state index in [1.807, 2.05) is 19.9 Å². The number of nitrogens with zero attached hydrogens (tertiary/aromatic N) is 6. The van der Waals surface area contributed by atoms with Crippen molar-refractivity contribution < 1.29 is 4.79 Å². The number of aromatic nitrogens is 6. The summed E-state index contributed by atoms with van der Waals surface area (Å²) in [5.41, 5.74) is 0.833. The highest BCUT2D eigenvalue weighted by Gasteiger charge is 2.11. The summed E-state index contributed by atoms with van der Waals surface area (Å²) in [5, 5.41) is 17.0. The Labute approximate surface area is 134 Å². The molecule has 1 amide bonds. The predicted molar refractivity (Wildman–Crippen MR) is 84.2 cm³/mol.